The summed E-state index contributed by atoms with van der Waals surface area (Å²) in [5, 5.41) is 5.01. The molecule has 0 saturated heterocycles. The number of ether oxygens (including phenoxy) is 2. The Morgan fingerprint density at radius 1 is 1.08 bits per heavy atom. The van der Waals surface area contributed by atoms with Crippen molar-refractivity contribution in [2.24, 2.45) is 0 Å². The largest absolute Gasteiger partial charge is 0.493 e. The van der Waals surface area contributed by atoms with Crippen molar-refractivity contribution in [3.63, 3.8) is 0 Å². The van der Waals surface area contributed by atoms with Crippen LogP contribution in [0.5, 0.6) is 11.5 Å². The van der Waals surface area contributed by atoms with Gasteiger partial charge >= 0.3 is 0 Å². The Bertz CT molecular complexity index is 620. The highest BCUT2D eigenvalue weighted by Gasteiger charge is 2.07. The first-order valence-electron chi connectivity index (χ1n) is 8.22. The second kappa shape index (κ2) is 10.1. The molecule has 130 valence electrons. The zero-order chi connectivity index (χ0) is 17.2. The Morgan fingerprint density at radius 3 is 2.62 bits per heavy atom. The fourth-order valence-electron chi connectivity index (χ4n) is 2.35. The molecule has 0 aliphatic rings. The Kier molecular flexibility index (Phi) is 7.82. The quantitative estimate of drug-likeness (QED) is 0.495. The van der Waals surface area contributed by atoms with E-state index < -0.39 is 0 Å². The van der Waals surface area contributed by atoms with Crippen LogP contribution in [0.2, 0.25) is 5.15 Å². The van der Waals surface area contributed by atoms with Gasteiger partial charge in [-0.3, -0.25) is 0 Å². The molecule has 24 heavy (non-hydrogen) atoms. The van der Waals surface area contributed by atoms with E-state index in [1.165, 1.54) is 18.5 Å². The second-order valence-electron chi connectivity index (χ2n) is 5.60. The topological polar surface area (TPSA) is 64.6 Å². The van der Waals surface area contributed by atoms with Crippen molar-refractivity contribution in [1.29, 1.82) is 0 Å². The Balaban J connectivity index is 1.89. The summed E-state index contributed by atoms with van der Waals surface area (Å²) in [4.78, 5) is 4.05. The highest BCUT2D eigenvalue weighted by molar-refractivity contribution is 6.29. The molecular weight excluding hydrogens is 326 g/mol. The Labute approximate surface area is 148 Å². The van der Waals surface area contributed by atoms with Crippen molar-refractivity contribution in [3.05, 3.63) is 52.8 Å². The molecule has 2 rings (SSSR count). The molecule has 2 aromatic rings. The maximum Gasteiger partial charge on any atom is 0.161 e. The monoisotopic (exact) mass is 351 g/mol. The minimum atomic E-state index is 0.430. The van der Waals surface area contributed by atoms with Crippen LogP contribution in [0, 0.1) is 0 Å². The molecule has 6 heteroatoms. The third-order valence-corrected chi connectivity index (χ3v) is 3.92. The molecule has 0 bridgehead atoms. The van der Waals surface area contributed by atoms with Gasteiger partial charge in [0.05, 0.1) is 27.2 Å². The molecule has 0 atom stereocenters. The molecule has 0 amide bonds. The van der Waals surface area contributed by atoms with Crippen LogP contribution in [0.15, 0.2) is 36.5 Å². The first-order chi connectivity index (χ1) is 11.7. The van der Waals surface area contributed by atoms with Crippen LogP contribution in [0.4, 0.5) is 0 Å². The van der Waals surface area contributed by atoms with Gasteiger partial charge in [0.1, 0.15) is 18.3 Å². The van der Waals surface area contributed by atoms with Gasteiger partial charge in [-0.05, 0) is 24.3 Å². The third-order valence-electron chi connectivity index (χ3n) is 3.69. The highest BCUT2D eigenvalue weighted by atomic mass is 35.5. The molecule has 0 radical (unpaired) electrons. The van der Waals surface area contributed by atoms with Crippen LogP contribution in [-0.4, -0.2) is 32.2 Å². The average Bonchev–Trinajstić information content (AvgIpc) is 2.61. The van der Waals surface area contributed by atoms with Crippen LogP contribution in [0.25, 0.3) is 0 Å². The Hall–Kier alpha value is -1.82. The van der Waals surface area contributed by atoms with Crippen molar-refractivity contribution in [3.8, 4) is 11.5 Å². The van der Waals surface area contributed by atoms with Gasteiger partial charge in [-0.25, -0.2) is 4.98 Å². The van der Waals surface area contributed by atoms with E-state index >= 15 is 0 Å². The van der Waals surface area contributed by atoms with E-state index in [0.29, 0.717) is 11.8 Å². The number of hydrogen-bond donors (Lipinski definition) is 2. The van der Waals surface area contributed by atoms with Gasteiger partial charge in [-0.15, -0.1) is 0 Å². The van der Waals surface area contributed by atoms with Crippen LogP contribution >= 0.6 is 11.6 Å². The van der Waals surface area contributed by atoms with Gasteiger partial charge in [-0.2, -0.15) is 0 Å². The number of halogens is 1. The van der Waals surface area contributed by atoms with E-state index in [1.807, 2.05) is 18.2 Å². The SMILES string of the molecule is C[NH2+]CCC[NH2+]Cc1ccc(OCc2ccc(Cl)nc2)c(OC)c1. The van der Waals surface area contributed by atoms with E-state index in [1.54, 1.807) is 19.4 Å². The number of nitrogens with zero attached hydrogens (tertiary/aromatic N) is 1. The van der Waals surface area contributed by atoms with Crippen LogP contribution in [0.3, 0.4) is 0 Å². The summed E-state index contributed by atoms with van der Waals surface area (Å²) in [6.07, 6.45) is 2.93. The maximum atomic E-state index is 5.84. The van der Waals surface area contributed by atoms with Crippen LogP contribution in [-0.2, 0) is 13.2 Å². The highest BCUT2D eigenvalue weighted by Crippen LogP contribution is 2.28. The molecule has 1 aromatic heterocycles. The van der Waals surface area contributed by atoms with Crippen LogP contribution < -0.4 is 20.1 Å². The Morgan fingerprint density at radius 2 is 1.92 bits per heavy atom. The molecule has 0 fully saturated rings. The van der Waals surface area contributed by atoms with Gasteiger partial charge in [0.15, 0.2) is 11.5 Å². The number of nitrogens with two attached hydrogens (primary N) is 2. The first kappa shape index (κ1) is 18.5. The molecule has 1 aromatic carbocycles. The van der Waals surface area contributed by atoms with Crippen molar-refractivity contribution >= 4 is 11.6 Å². The fraction of sp³-hybridized carbons (Fsp3) is 0.389. The molecule has 5 nitrogen and oxygen atoms in total. The third kappa shape index (κ3) is 6.00. The standard InChI is InChI=1S/C18H24ClN3O2/c1-20-8-3-9-21-11-14-4-6-16(17(10-14)23-2)24-13-15-5-7-18(19)22-12-15/h4-7,10,12,20-21H,3,8-9,11,13H2,1-2H3/p+2. The minimum Gasteiger partial charge on any atom is -0.493 e. The smallest absolute Gasteiger partial charge is 0.161 e. The fourth-order valence-corrected chi connectivity index (χ4v) is 2.46. The van der Waals surface area contributed by atoms with Crippen molar-refractivity contribution in [1.82, 2.24) is 4.98 Å². The summed E-state index contributed by atoms with van der Waals surface area (Å²) in [5.74, 6) is 1.49. The summed E-state index contributed by atoms with van der Waals surface area (Å²) in [5.41, 5.74) is 2.19. The predicted molar refractivity (Wildman–Crippen MR) is 94.4 cm³/mol. The maximum absolute atomic E-state index is 5.84. The van der Waals surface area contributed by atoms with Crippen molar-refractivity contribution in [2.75, 3.05) is 27.2 Å². The number of quaternary nitrogens is 2. The minimum absolute atomic E-state index is 0.430. The number of methoxy groups -OCH3 is 1. The van der Waals surface area contributed by atoms with Gasteiger partial charge in [0.2, 0.25) is 0 Å². The summed E-state index contributed by atoms with van der Waals surface area (Å²) in [7, 11) is 3.76. The number of pyridine rings is 1. The number of benzene rings is 1. The number of rotatable bonds is 10. The lowest BCUT2D eigenvalue weighted by molar-refractivity contribution is -0.682. The summed E-state index contributed by atoms with van der Waals surface area (Å²) in [6.45, 7) is 3.68. The lowest BCUT2D eigenvalue weighted by Gasteiger charge is -2.12. The molecular formula is C18H26ClN3O2+2. The molecule has 0 unspecified atom stereocenters. The summed E-state index contributed by atoms with van der Waals surface area (Å²) >= 11 is 5.79. The molecule has 0 saturated carbocycles. The van der Waals surface area contributed by atoms with E-state index in [2.05, 4.69) is 28.7 Å². The normalized spacial score (nSPS) is 10.6. The molecule has 0 aliphatic carbocycles. The molecule has 4 N–H and O–H groups in total. The van der Waals surface area contributed by atoms with Gasteiger partial charge < -0.3 is 20.1 Å². The van der Waals surface area contributed by atoms with E-state index in [-0.39, 0.29) is 0 Å². The van der Waals surface area contributed by atoms with Crippen LogP contribution in [0.1, 0.15) is 17.5 Å². The number of aromatic nitrogens is 1. The first-order valence-corrected chi connectivity index (χ1v) is 8.60. The van der Waals surface area contributed by atoms with E-state index in [9.17, 15) is 0 Å². The van der Waals surface area contributed by atoms with E-state index in [4.69, 9.17) is 21.1 Å². The predicted octanol–water partition coefficient (Wildman–Crippen LogP) is 0.969. The zero-order valence-electron chi connectivity index (χ0n) is 14.3. The lowest BCUT2D eigenvalue weighted by Crippen LogP contribution is -2.85. The molecule has 0 spiro atoms. The van der Waals surface area contributed by atoms with Crippen molar-refractivity contribution < 1.29 is 20.1 Å². The summed E-state index contributed by atoms with van der Waals surface area (Å²) < 4.78 is 11.3. The molecule has 0 aliphatic heterocycles. The molecule has 1 heterocycles. The van der Waals surface area contributed by atoms with Gasteiger partial charge in [0, 0.05) is 23.7 Å². The van der Waals surface area contributed by atoms with E-state index in [0.717, 1.165) is 30.2 Å². The second-order valence-corrected chi connectivity index (χ2v) is 5.98. The van der Waals surface area contributed by atoms with Gasteiger partial charge in [-0.1, -0.05) is 17.7 Å². The summed E-state index contributed by atoms with van der Waals surface area (Å²) in [6, 6.07) is 9.75. The zero-order valence-corrected chi connectivity index (χ0v) is 15.1. The van der Waals surface area contributed by atoms with Gasteiger partial charge in [0.25, 0.3) is 0 Å². The lowest BCUT2D eigenvalue weighted by atomic mass is 10.2. The number of hydrogen-bond acceptors (Lipinski definition) is 3. The average molecular weight is 352 g/mol. The van der Waals surface area contributed by atoms with Crippen molar-refractivity contribution in [2.45, 2.75) is 19.6 Å².